The van der Waals surface area contributed by atoms with Crippen LogP contribution < -0.4 is 4.90 Å². The molecule has 1 aliphatic rings. The van der Waals surface area contributed by atoms with Crippen molar-refractivity contribution < 1.29 is 14.3 Å². The van der Waals surface area contributed by atoms with Gasteiger partial charge >= 0.3 is 5.97 Å². The van der Waals surface area contributed by atoms with Crippen LogP contribution in [0.5, 0.6) is 0 Å². The number of carbonyl (C=O) groups excluding carboxylic acids is 2. The predicted octanol–water partition coefficient (Wildman–Crippen LogP) is 3.43. The van der Waals surface area contributed by atoms with Gasteiger partial charge in [0.05, 0.1) is 24.4 Å². The average Bonchev–Trinajstić information content (AvgIpc) is 3.02. The van der Waals surface area contributed by atoms with Gasteiger partial charge in [-0.15, -0.1) is 0 Å². The van der Waals surface area contributed by atoms with Crippen molar-refractivity contribution in [2.75, 3.05) is 38.2 Å². The van der Waals surface area contributed by atoms with E-state index >= 15 is 0 Å². The Morgan fingerprint density at radius 1 is 1.03 bits per heavy atom. The molecule has 0 radical (unpaired) electrons. The van der Waals surface area contributed by atoms with E-state index in [9.17, 15) is 9.59 Å². The number of ketones is 1. The van der Waals surface area contributed by atoms with E-state index in [2.05, 4.69) is 46.8 Å². The zero-order valence-corrected chi connectivity index (χ0v) is 18.3. The number of nitrogens with zero attached hydrogens (tertiary/aromatic N) is 2. The fourth-order valence-corrected chi connectivity index (χ4v) is 4.21. The first-order chi connectivity index (χ1) is 13.8. The first kappa shape index (κ1) is 21.1. The fourth-order valence-electron chi connectivity index (χ4n) is 4.21. The SMILES string of the molecule is COC(=O)c1c(C)[nH]c(C(=O)C(C)N2CCN(c3cccc(C)c3C)CC2)c1C. The highest BCUT2D eigenvalue weighted by Gasteiger charge is 2.30. The van der Waals surface area contributed by atoms with Gasteiger partial charge in [-0.3, -0.25) is 9.69 Å². The number of hydrogen-bond donors (Lipinski definition) is 1. The van der Waals surface area contributed by atoms with Crippen molar-refractivity contribution in [1.82, 2.24) is 9.88 Å². The Labute approximate surface area is 172 Å². The van der Waals surface area contributed by atoms with Gasteiger partial charge in [0.25, 0.3) is 0 Å². The summed E-state index contributed by atoms with van der Waals surface area (Å²) in [6.07, 6.45) is 0. The van der Waals surface area contributed by atoms with E-state index in [-0.39, 0.29) is 11.8 Å². The van der Waals surface area contributed by atoms with Gasteiger partial charge in [-0.05, 0) is 57.4 Å². The second kappa shape index (κ2) is 8.41. The molecular formula is C23H31N3O3. The summed E-state index contributed by atoms with van der Waals surface area (Å²) in [4.78, 5) is 32.9. The second-order valence-electron chi connectivity index (χ2n) is 7.90. The largest absolute Gasteiger partial charge is 0.465 e. The van der Waals surface area contributed by atoms with Gasteiger partial charge < -0.3 is 14.6 Å². The number of Topliss-reactive ketones (excluding diaryl/α,β-unsaturated/α-hetero) is 1. The van der Waals surface area contributed by atoms with Crippen molar-refractivity contribution in [2.24, 2.45) is 0 Å². The van der Waals surface area contributed by atoms with Crippen LogP contribution in [-0.2, 0) is 4.74 Å². The maximum Gasteiger partial charge on any atom is 0.339 e. The van der Waals surface area contributed by atoms with Crippen LogP contribution in [0.3, 0.4) is 0 Å². The minimum atomic E-state index is -0.412. The number of aryl methyl sites for hydroxylation is 2. The number of methoxy groups -OCH3 is 1. The van der Waals surface area contributed by atoms with E-state index in [1.54, 1.807) is 13.8 Å². The van der Waals surface area contributed by atoms with Crippen LogP contribution in [-0.4, -0.2) is 61.0 Å². The fraction of sp³-hybridized carbons (Fsp3) is 0.478. The van der Waals surface area contributed by atoms with Crippen molar-refractivity contribution in [2.45, 2.75) is 40.7 Å². The van der Waals surface area contributed by atoms with Crippen molar-refractivity contribution in [1.29, 1.82) is 0 Å². The lowest BCUT2D eigenvalue weighted by Gasteiger charge is -2.39. The Balaban J connectivity index is 1.71. The van der Waals surface area contributed by atoms with Crippen LogP contribution in [0.1, 0.15) is 50.2 Å². The van der Waals surface area contributed by atoms with Gasteiger partial charge in [0.15, 0.2) is 5.78 Å². The molecule has 0 bridgehead atoms. The molecule has 0 saturated carbocycles. The zero-order valence-electron chi connectivity index (χ0n) is 18.3. The molecule has 1 fully saturated rings. The number of aromatic nitrogens is 1. The lowest BCUT2D eigenvalue weighted by molar-refractivity contribution is 0.0599. The van der Waals surface area contributed by atoms with Gasteiger partial charge in [0.2, 0.25) is 0 Å². The number of hydrogen-bond acceptors (Lipinski definition) is 5. The number of rotatable bonds is 5. The normalized spacial score (nSPS) is 16.0. The molecule has 1 aromatic heterocycles. The van der Waals surface area contributed by atoms with Crippen LogP contribution in [0.25, 0.3) is 0 Å². The molecule has 6 nitrogen and oxygen atoms in total. The number of esters is 1. The Hall–Kier alpha value is -2.60. The molecule has 0 spiro atoms. The molecule has 1 N–H and O–H groups in total. The van der Waals surface area contributed by atoms with Crippen LogP contribution in [0.15, 0.2) is 18.2 Å². The first-order valence-corrected chi connectivity index (χ1v) is 10.1. The molecule has 1 unspecified atom stereocenters. The third-order valence-corrected chi connectivity index (χ3v) is 6.23. The summed E-state index contributed by atoms with van der Waals surface area (Å²) >= 11 is 0. The average molecular weight is 398 g/mol. The number of piperazine rings is 1. The molecule has 0 aliphatic carbocycles. The lowest BCUT2D eigenvalue weighted by Crippen LogP contribution is -2.52. The lowest BCUT2D eigenvalue weighted by atomic mass is 10.0. The molecule has 1 saturated heterocycles. The summed E-state index contributed by atoms with van der Waals surface area (Å²) in [5.41, 5.74) is 6.20. The van der Waals surface area contributed by atoms with Crippen LogP contribution in [0.2, 0.25) is 0 Å². The van der Waals surface area contributed by atoms with Crippen molar-refractivity contribution in [3.8, 4) is 0 Å². The highest BCUT2D eigenvalue weighted by Crippen LogP contribution is 2.25. The van der Waals surface area contributed by atoms with E-state index in [0.717, 1.165) is 26.2 Å². The van der Waals surface area contributed by atoms with Crippen molar-refractivity contribution >= 4 is 17.4 Å². The van der Waals surface area contributed by atoms with Crippen LogP contribution in [0.4, 0.5) is 5.69 Å². The Morgan fingerprint density at radius 3 is 2.31 bits per heavy atom. The number of H-pyrrole nitrogens is 1. The molecule has 0 amide bonds. The molecule has 1 atom stereocenters. The summed E-state index contributed by atoms with van der Waals surface area (Å²) in [6.45, 7) is 13.3. The molecule has 6 heteroatoms. The number of benzene rings is 1. The third-order valence-electron chi connectivity index (χ3n) is 6.23. The smallest absolute Gasteiger partial charge is 0.339 e. The molecule has 156 valence electrons. The summed E-state index contributed by atoms with van der Waals surface area (Å²) in [5.74, 6) is -0.397. The van der Waals surface area contributed by atoms with Gasteiger partial charge in [0.1, 0.15) is 0 Å². The maximum atomic E-state index is 13.2. The molecule has 3 rings (SSSR count). The Bertz CT molecular complexity index is 924. The molecule has 2 aromatic rings. The van der Waals surface area contributed by atoms with Gasteiger partial charge in [-0.1, -0.05) is 12.1 Å². The summed E-state index contributed by atoms with van der Waals surface area (Å²) in [5, 5.41) is 0. The minimum Gasteiger partial charge on any atom is -0.465 e. The molecule has 2 heterocycles. The first-order valence-electron chi connectivity index (χ1n) is 10.1. The van der Waals surface area contributed by atoms with Gasteiger partial charge in [-0.2, -0.15) is 0 Å². The van der Waals surface area contributed by atoms with Gasteiger partial charge in [-0.25, -0.2) is 4.79 Å². The van der Waals surface area contributed by atoms with E-state index in [1.165, 1.54) is 23.9 Å². The van der Waals surface area contributed by atoms with E-state index < -0.39 is 5.97 Å². The van der Waals surface area contributed by atoms with E-state index in [1.807, 2.05) is 6.92 Å². The Kier molecular flexibility index (Phi) is 6.13. The molecule has 29 heavy (non-hydrogen) atoms. The van der Waals surface area contributed by atoms with Crippen molar-refractivity contribution in [3.63, 3.8) is 0 Å². The van der Waals surface area contributed by atoms with Gasteiger partial charge in [0, 0.05) is 37.6 Å². The van der Waals surface area contributed by atoms with E-state index in [0.29, 0.717) is 22.5 Å². The number of anilines is 1. The zero-order chi connectivity index (χ0) is 21.3. The highest BCUT2D eigenvalue weighted by molar-refractivity contribution is 6.03. The molecule has 1 aromatic carbocycles. The number of ether oxygens (including phenoxy) is 1. The number of carbonyl (C=O) groups is 2. The monoisotopic (exact) mass is 397 g/mol. The summed E-state index contributed by atoms with van der Waals surface area (Å²) < 4.78 is 4.85. The number of nitrogens with one attached hydrogen (secondary N) is 1. The van der Waals surface area contributed by atoms with Crippen LogP contribution in [0, 0.1) is 27.7 Å². The second-order valence-corrected chi connectivity index (χ2v) is 7.90. The third kappa shape index (κ3) is 3.94. The Morgan fingerprint density at radius 2 is 1.69 bits per heavy atom. The number of aromatic amines is 1. The highest BCUT2D eigenvalue weighted by atomic mass is 16.5. The molecular weight excluding hydrogens is 366 g/mol. The topological polar surface area (TPSA) is 65.6 Å². The standard InChI is InChI=1S/C23H31N3O3/c1-14-8-7-9-19(15(14)2)26-12-10-25(11-13-26)18(5)22(27)21-16(3)20(17(4)24-21)23(28)29-6/h7-9,18,24H,10-13H2,1-6H3. The summed E-state index contributed by atoms with van der Waals surface area (Å²) in [7, 11) is 1.35. The quantitative estimate of drug-likeness (QED) is 0.619. The van der Waals surface area contributed by atoms with E-state index in [4.69, 9.17) is 4.74 Å². The van der Waals surface area contributed by atoms with Crippen molar-refractivity contribution in [3.05, 3.63) is 51.8 Å². The predicted molar refractivity (Wildman–Crippen MR) is 115 cm³/mol. The maximum absolute atomic E-state index is 13.2. The minimum absolute atomic E-state index is 0.0148. The van der Waals surface area contributed by atoms with Crippen LogP contribution >= 0.6 is 0 Å². The summed E-state index contributed by atoms with van der Waals surface area (Å²) in [6, 6.07) is 6.16. The molecule has 1 aliphatic heterocycles.